The van der Waals surface area contributed by atoms with E-state index >= 15 is 0 Å². The molecule has 140 valence electrons. The van der Waals surface area contributed by atoms with E-state index in [-0.39, 0.29) is 18.2 Å². The highest BCUT2D eigenvalue weighted by atomic mass is 32.2. The lowest BCUT2D eigenvalue weighted by molar-refractivity contribution is -0.116. The minimum absolute atomic E-state index is 0.0394. The van der Waals surface area contributed by atoms with Gasteiger partial charge in [-0.15, -0.1) is 10.2 Å². The Balaban J connectivity index is 1.48. The third kappa shape index (κ3) is 3.93. The van der Waals surface area contributed by atoms with Crippen molar-refractivity contribution < 1.29 is 4.79 Å². The number of anilines is 2. The lowest BCUT2D eigenvalue weighted by atomic mass is 10.3. The second kappa shape index (κ2) is 8.01. The molecule has 0 radical (unpaired) electrons. The Morgan fingerprint density at radius 1 is 1.22 bits per heavy atom. The van der Waals surface area contributed by atoms with Crippen molar-refractivity contribution in [3.05, 3.63) is 30.3 Å². The summed E-state index contributed by atoms with van der Waals surface area (Å²) in [5.74, 6) is 1.09. The van der Waals surface area contributed by atoms with Gasteiger partial charge in [-0.2, -0.15) is 5.26 Å². The monoisotopic (exact) mass is 382 g/mol. The first kappa shape index (κ1) is 17.9. The number of thioether (sulfide) groups is 1. The zero-order chi connectivity index (χ0) is 18.6. The maximum Gasteiger partial charge on any atom is 0.238 e. The molecule has 1 aliphatic heterocycles. The number of carbonyl (C=O) groups is 1. The summed E-state index contributed by atoms with van der Waals surface area (Å²) < 4.78 is 2.21. The average Bonchev–Trinajstić information content (AvgIpc) is 3.22. The molecule has 2 heterocycles. The lowest BCUT2D eigenvalue weighted by Gasteiger charge is -2.20. The quantitative estimate of drug-likeness (QED) is 0.541. The van der Waals surface area contributed by atoms with Crippen molar-refractivity contribution in [3.63, 3.8) is 0 Å². The van der Waals surface area contributed by atoms with Crippen LogP contribution in [0.25, 0.3) is 0 Å². The number of carbonyl (C=O) groups excluding carboxylic acids is 1. The molecule has 2 fully saturated rings. The molecule has 0 N–H and O–H groups in total. The second-order valence-electron chi connectivity index (χ2n) is 6.84. The van der Waals surface area contributed by atoms with Gasteiger partial charge >= 0.3 is 0 Å². The number of nitrogens with zero attached hydrogens (tertiary/aromatic N) is 6. The number of rotatable bonds is 7. The molecule has 1 aromatic heterocycles. The van der Waals surface area contributed by atoms with Crippen molar-refractivity contribution in [1.29, 1.82) is 5.26 Å². The van der Waals surface area contributed by atoms with Crippen LogP contribution in [-0.2, 0) is 4.79 Å². The molecule has 7 nitrogen and oxygen atoms in total. The summed E-state index contributed by atoms with van der Waals surface area (Å²) in [4.78, 5) is 16.6. The smallest absolute Gasteiger partial charge is 0.238 e. The van der Waals surface area contributed by atoms with Crippen molar-refractivity contribution in [2.45, 2.75) is 36.9 Å². The van der Waals surface area contributed by atoms with Crippen LogP contribution < -0.4 is 9.80 Å². The maximum absolute atomic E-state index is 12.8. The number of amides is 1. The predicted octanol–water partition coefficient (Wildman–Crippen LogP) is 2.86. The normalized spacial score (nSPS) is 16.3. The van der Waals surface area contributed by atoms with Gasteiger partial charge in [0.1, 0.15) is 6.54 Å². The lowest BCUT2D eigenvalue weighted by Crippen LogP contribution is -2.32. The molecular weight excluding hydrogens is 360 g/mol. The Bertz CT molecular complexity index is 836. The van der Waals surface area contributed by atoms with E-state index in [1.54, 1.807) is 0 Å². The molecule has 0 spiro atoms. The molecule has 0 unspecified atom stereocenters. The van der Waals surface area contributed by atoms with Gasteiger partial charge < -0.3 is 4.90 Å². The number of para-hydroxylation sites is 1. The molecule has 1 aliphatic carbocycles. The third-order valence-electron chi connectivity index (χ3n) is 4.87. The number of hydrogen-bond donors (Lipinski definition) is 0. The van der Waals surface area contributed by atoms with Gasteiger partial charge in [0.05, 0.1) is 11.8 Å². The van der Waals surface area contributed by atoms with Gasteiger partial charge in [-0.05, 0) is 37.8 Å². The summed E-state index contributed by atoms with van der Waals surface area (Å²) >= 11 is 1.41. The van der Waals surface area contributed by atoms with Crippen LogP contribution in [0.1, 0.15) is 31.7 Å². The molecule has 1 saturated carbocycles. The molecule has 2 aliphatic rings. The summed E-state index contributed by atoms with van der Waals surface area (Å²) in [7, 11) is 0. The van der Waals surface area contributed by atoms with Crippen molar-refractivity contribution in [3.8, 4) is 6.07 Å². The van der Waals surface area contributed by atoms with Gasteiger partial charge in [0.25, 0.3) is 0 Å². The van der Waals surface area contributed by atoms with E-state index in [1.807, 2.05) is 30.3 Å². The van der Waals surface area contributed by atoms with Crippen molar-refractivity contribution in [1.82, 2.24) is 14.8 Å². The highest BCUT2D eigenvalue weighted by molar-refractivity contribution is 7.99. The van der Waals surface area contributed by atoms with Gasteiger partial charge in [-0.25, -0.2) is 0 Å². The molecule has 2 aromatic rings. The van der Waals surface area contributed by atoms with Gasteiger partial charge in [0.15, 0.2) is 5.16 Å². The van der Waals surface area contributed by atoms with E-state index in [4.69, 9.17) is 5.26 Å². The summed E-state index contributed by atoms with van der Waals surface area (Å²) in [6, 6.07) is 11.9. The van der Waals surface area contributed by atoms with E-state index < -0.39 is 0 Å². The number of hydrogen-bond acceptors (Lipinski definition) is 6. The highest BCUT2D eigenvalue weighted by Crippen LogP contribution is 2.41. The molecule has 1 saturated heterocycles. The predicted molar refractivity (Wildman–Crippen MR) is 105 cm³/mol. The van der Waals surface area contributed by atoms with Crippen LogP contribution in [0.3, 0.4) is 0 Å². The van der Waals surface area contributed by atoms with Crippen LogP contribution >= 0.6 is 11.8 Å². The van der Waals surface area contributed by atoms with Crippen LogP contribution in [0, 0.1) is 11.3 Å². The zero-order valence-electron chi connectivity index (χ0n) is 15.1. The Labute approximate surface area is 163 Å². The van der Waals surface area contributed by atoms with E-state index in [2.05, 4.69) is 25.7 Å². The van der Waals surface area contributed by atoms with Crippen LogP contribution in [0.15, 0.2) is 35.5 Å². The molecule has 1 amide bonds. The van der Waals surface area contributed by atoms with Crippen molar-refractivity contribution in [2.75, 3.05) is 35.2 Å². The minimum atomic E-state index is -0.0965. The van der Waals surface area contributed by atoms with Crippen molar-refractivity contribution >= 4 is 29.3 Å². The van der Waals surface area contributed by atoms with Crippen LogP contribution in [0.2, 0.25) is 0 Å². The Morgan fingerprint density at radius 2 is 1.96 bits per heavy atom. The van der Waals surface area contributed by atoms with Crippen molar-refractivity contribution in [2.24, 2.45) is 0 Å². The van der Waals surface area contributed by atoms with Gasteiger partial charge in [-0.3, -0.25) is 14.3 Å². The fraction of sp³-hybridized carbons (Fsp3) is 0.474. The van der Waals surface area contributed by atoms with E-state index in [0.29, 0.717) is 6.04 Å². The van der Waals surface area contributed by atoms with Crippen LogP contribution in [-0.4, -0.2) is 46.1 Å². The van der Waals surface area contributed by atoms with Gasteiger partial charge in [0, 0.05) is 24.8 Å². The molecule has 0 atom stereocenters. The maximum atomic E-state index is 12.8. The summed E-state index contributed by atoms with van der Waals surface area (Å²) in [6.45, 7) is 2.09. The first-order valence-corrected chi connectivity index (χ1v) is 10.3. The van der Waals surface area contributed by atoms with Crippen LogP contribution in [0.4, 0.5) is 11.6 Å². The summed E-state index contributed by atoms with van der Waals surface area (Å²) in [5, 5.41) is 18.7. The summed E-state index contributed by atoms with van der Waals surface area (Å²) in [6.07, 6.45) is 4.67. The molecular formula is C19H22N6OS. The fourth-order valence-electron chi connectivity index (χ4n) is 3.36. The van der Waals surface area contributed by atoms with Gasteiger partial charge in [0.2, 0.25) is 11.9 Å². The second-order valence-corrected chi connectivity index (χ2v) is 7.78. The number of benzene rings is 1. The fourth-order valence-corrected chi connectivity index (χ4v) is 4.24. The first-order valence-electron chi connectivity index (χ1n) is 9.33. The SMILES string of the molecule is N#CCN(C(=O)CSc1nnc(N2CCCC2)n1C1CC1)c1ccccc1. The third-order valence-corrected chi connectivity index (χ3v) is 5.80. The Hall–Kier alpha value is -2.53. The highest BCUT2D eigenvalue weighted by Gasteiger charge is 2.32. The molecule has 4 rings (SSSR count). The molecule has 0 bridgehead atoms. The number of aromatic nitrogens is 3. The van der Waals surface area contributed by atoms with E-state index in [0.717, 1.165) is 42.7 Å². The topological polar surface area (TPSA) is 78.0 Å². The molecule has 8 heteroatoms. The number of nitriles is 1. The van der Waals surface area contributed by atoms with Gasteiger partial charge in [-0.1, -0.05) is 30.0 Å². The Kier molecular flexibility index (Phi) is 5.30. The molecule has 1 aromatic carbocycles. The Morgan fingerprint density at radius 3 is 2.63 bits per heavy atom. The average molecular weight is 382 g/mol. The minimum Gasteiger partial charge on any atom is -0.341 e. The van der Waals surface area contributed by atoms with E-state index in [9.17, 15) is 4.79 Å². The zero-order valence-corrected chi connectivity index (χ0v) is 15.9. The first-order chi connectivity index (χ1) is 13.3. The van der Waals surface area contributed by atoms with Crippen LogP contribution in [0.5, 0.6) is 0 Å². The van der Waals surface area contributed by atoms with E-state index in [1.165, 1.54) is 29.5 Å². The standard InChI is InChI=1S/C19H22N6OS/c20-10-13-24(15-6-2-1-3-7-15)17(26)14-27-19-22-21-18(23-11-4-5-12-23)25(19)16-8-9-16/h1-3,6-7,16H,4-5,8-9,11-14H2. The largest absolute Gasteiger partial charge is 0.341 e. The summed E-state index contributed by atoms with van der Waals surface area (Å²) in [5.41, 5.74) is 0.742. The molecule has 27 heavy (non-hydrogen) atoms.